The van der Waals surface area contributed by atoms with Gasteiger partial charge in [-0.1, -0.05) is 25.1 Å². The Kier molecular flexibility index (Phi) is 3.42. The Balaban J connectivity index is 3.02. The SMILES string of the molecule is CCc1cccc(C)c1NCCl. The van der Waals surface area contributed by atoms with Crippen molar-refractivity contribution < 1.29 is 0 Å². The van der Waals surface area contributed by atoms with Crippen LogP contribution in [0.5, 0.6) is 0 Å². The molecule has 1 aromatic rings. The van der Waals surface area contributed by atoms with Gasteiger partial charge in [-0.25, -0.2) is 0 Å². The minimum absolute atomic E-state index is 0.470. The van der Waals surface area contributed by atoms with Crippen LogP contribution in [-0.4, -0.2) is 6.00 Å². The first kappa shape index (κ1) is 9.40. The second kappa shape index (κ2) is 4.36. The normalized spacial score (nSPS) is 9.92. The van der Waals surface area contributed by atoms with E-state index in [2.05, 4.69) is 37.4 Å². The number of nitrogens with one attached hydrogen (secondary N) is 1. The molecule has 1 nitrogen and oxygen atoms in total. The predicted molar refractivity (Wildman–Crippen MR) is 54.9 cm³/mol. The highest BCUT2D eigenvalue weighted by atomic mass is 35.5. The Morgan fingerprint density at radius 3 is 2.75 bits per heavy atom. The number of halogens is 1. The first-order valence-electron chi connectivity index (χ1n) is 4.18. The Morgan fingerprint density at radius 1 is 1.42 bits per heavy atom. The summed E-state index contributed by atoms with van der Waals surface area (Å²) in [6, 6.07) is 6.77. The fraction of sp³-hybridized carbons (Fsp3) is 0.400. The van der Waals surface area contributed by atoms with Crippen molar-refractivity contribution in [3.8, 4) is 0 Å². The molecular weight excluding hydrogens is 170 g/mol. The van der Waals surface area contributed by atoms with Gasteiger partial charge in [-0.05, 0) is 24.5 Å². The van der Waals surface area contributed by atoms with Crippen LogP contribution in [0.25, 0.3) is 0 Å². The van der Waals surface area contributed by atoms with Gasteiger partial charge in [0.25, 0.3) is 0 Å². The van der Waals surface area contributed by atoms with Gasteiger partial charge in [0.1, 0.15) is 0 Å². The van der Waals surface area contributed by atoms with E-state index in [-0.39, 0.29) is 0 Å². The molecule has 1 N–H and O–H groups in total. The smallest absolute Gasteiger partial charge is 0.0901 e. The first-order chi connectivity index (χ1) is 5.79. The van der Waals surface area contributed by atoms with Crippen LogP contribution in [0.3, 0.4) is 0 Å². The number of benzene rings is 1. The van der Waals surface area contributed by atoms with E-state index in [0.29, 0.717) is 6.00 Å². The number of hydrogen-bond acceptors (Lipinski definition) is 1. The third kappa shape index (κ3) is 1.92. The molecule has 1 aromatic carbocycles. The number of alkyl halides is 1. The minimum Gasteiger partial charge on any atom is -0.371 e. The van der Waals surface area contributed by atoms with E-state index in [1.54, 1.807) is 0 Å². The van der Waals surface area contributed by atoms with Gasteiger partial charge in [0.2, 0.25) is 0 Å². The minimum atomic E-state index is 0.470. The highest BCUT2D eigenvalue weighted by molar-refractivity contribution is 6.18. The van der Waals surface area contributed by atoms with Gasteiger partial charge in [0, 0.05) is 5.69 Å². The zero-order valence-electron chi connectivity index (χ0n) is 7.52. The molecule has 0 radical (unpaired) electrons. The molecule has 0 aromatic heterocycles. The van der Waals surface area contributed by atoms with Crippen molar-refractivity contribution in [3.63, 3.8) is 0 Å². The number of rotatable bonds is 3. The summed E-state index contributed by atoms with van der Waals surface area (Å²) in [7, 11) is 0. The van der Waals surface area contributed by atoms with E-state index in [9.17, 15) is 0 Å². The fourth-order valence-electron chi connectivity index (χ4n) is 1.34. The fourth-order valence-corrected chi connectivity index (χ4v) is 1.48. The van der Waals surface area contributed by atoms with Gasteiger partial charge in [-0.15, -0.1) is 11.6 Å². The summed E-state index contributed by atoms with van der Waals surface area (Å²) in [5.74, 6) is 0. The summed E-state index contributed by atoms with van der Waals surface area (Å²) in [4.78, 5) is 0. The van der Waals surface area contributed by atoms with Gasteiger partial charge in [0.15, 0.2) is 0 Å². The molecule has 0 atom stereocenters. The van der Waals surface area contributed by atoms with Crippen molar-refractivity contribution in [1.82, 2.24) is 0 Å². The van der Waals surface area contributed by atoms with Crippen LogP contribution in [-0.2, 0) is 6.42 Å². The lowest BCUT2D eigenvalue weighted by molar-refractivity contribution is 1.12. The molecule has 0 spiro atoms. The standard InChI is InChI=1S/C10H14ClN/c1-3-9-6-4-5-8(2)10(9)12-7-11/h4-6,12H,3,7H2,1-2H3. The maximum absolute atomic E-state index is 5.63. The quantitative estimate of drug-likeness (QED) is 0.561. The molecule has 66 valence electrons. The van der Waals surface area contributed by atoms with Crippen molar-refractivity contribution in [2.24, 2.45) is 0 Å². The van der Waals surface area contributed by atoms with Crippen molar-refractivity contribution in [3.05, 3.63) is 29.3 Å². The van der Waals surface area contributed by atoms with Gasteiger partial charge >= 0.3 is 0 Å². The van der Waals surface area contributed by atoms with Crippen LogP contribution >= 0.6 is 11.6 Å². The molecule has 2 heteroatoms. The molecule has 0 fully saturated rings. The van der Waals surface area contributed by atoms with E-state index >= 15 is 0 Å². The number of hydrogen-bond donors (Lipinski definition) is 1. The lowest BCUT2D eigenvalue weighted by Crippen LogP contribution is -2.00. The lowest BCUT2D eigenvalue weighted by Gasteiger charge is -2.11. The second-order valence-electron chi connectivity index (χ2n) is 2.77. The highest BCUT2D eigenvalue weighted by Gasteiger charge is 2.01. The summed E-state index contributed by atoms with van der Waals surface area (Å²) < 4.78 is 0. The van der Waals surface area contributed by atoms with E-state index < -0.39 is 0 Å². The Hall–Kier alpha value is -0.690. The molecule has 0 bridgehead atoms. The van der Waals surface area contributed by atoms with Crippen LogP contribution in [0.4, 0.5) is 5.69 Å². The molecule has 0 saturated heterocycles. The largest absolute Gasteiger partial charge is 0.371 e. The van der Waals surface area contributed by atoms with Crippen LogP contribution < -0.4 is 5.32 Å². The topological polar surface area (TPSA) is 12.0 Å². The maximum atomic E-state index is 5.63. The lowest BCUT2D eigenvalue weighted by atomic mass is 10.1. The molecule has 1 rings (SSSR count). The van der Waals surface area contributed by atoms with Crippen molar-refractivity contribution >= 4 is 17.3 Å². The molecule has 0 amide bonds. The zero-order chi connectivity index (χ0) is 8.97. The Bertz CT molecular complexity index is 258. The molecule has 12 heavy (non-hydrogen) atoms. The van der Waals surface area contributed by atoms with Gasteiger partial charge in [-0.2, -0.15) is 0 Å². The molecule has 0 saturated carbocycles. The monoisotopic (exact) mass is 183 g/mol. The summed E-state index contributed by atoms with van der Waals surface area (Å²) in [5, 5.41) is 3.16. The van der Waals surface area contributed by atoms with E-state index in [1.807, 2.05) is 0 Å². The van der Waals surface area contributed by atoms with Crippen LogP contribution in [0.2, 0.25) is 0 Å². The number of aryl methyl sites for hydroxylation is 2. The number of anilines is 1. The van der Waals surface area contributed by atoms with Gasteiger partial charge in [0.05, 0.1) is 6.00 Å². The highest BCUT2D eigenvalue weighted by Crippen LogP contribution is 2.20. The third-order valence-corrected chi connectivity index (χ3v) is 2.12. The molecule has 0 aliphatic rings. The first-order valence-corrected chi connectivity index (χ1v) is 4.71. The van der Waals surface area contributed by atoms with Gasteiger partial charge < -0.3 is 5.32 Å². The molecule has 0 aliphatic carbocycles. The number of para-hydroxylation sites is 1. The molecular formula is C10H14ClN. The van der Waals surface area contributed by atoms with E-state index in [0.717, 1.165) is 6.42 Å². The van der Waals surface area contributed by atoms with Gasteiger partial charge in [-0.3, -0.25) is 0 Å². The second-order valence-corrected chi connectivity index (χ2v) is 3.04. The zero-order valence-corrected chi connectivity index (χ0v) is 8.28. The molecule has 0 heterocycles. The Labute approximate surface area is 78.7 Å². The van der Waals surface area contributed by atoms with E-state index in [1.165, 1.54) is 16.8 Å². The van der Waals surface area contributed by atoms with Crippen molar-refractivity contribution in [2.45, 2.75) is 20.3 Å². The average Bonchev–Trinajstić information content (AvgIpc) is 2.09. The summed E-state index contributed by atoms with van der Waals surface area (Å²) in [6.45, 7) is 4.24. The summed E-state index contributed by atoms with van der Waals surface area (Å²) in [6.07, 6.45) is 1.04. The average molecular weight is 184 g/mol. The molecule has 0 aliphatic heterocycles. The summed E-state index contributed by atoms with van der Waals surface area (Å²) >= 11 is 5.63. The third-order valence-electron chi connectivity index (χ3n) is 1.98. The van der Waals surface area contributed by atoms with Crippen molar-refractivity contribution in [2.75, 3.05) is 11.3 Å². The van der Waals surface area contributed by atoms with Crippen molar-refractivity contribution in [1.29, 1.82) is 0 Å². The predicted octanol–water partition coefficient (Wildman–Crippen LogP) is 3.17. The van der Waals surface area contributed by atoms with Crippen LogP contribution in [0.1, 0.15) is 18.1 Å². The van der Waals surface area contributed by atoms with E-state index in [4.69, 9.17) is 11.6 Å². The Morgan fingerprint density at radius 2 is 2.17 bits per heavy atom. The summed E-state index contributed by atoms with van der Waals surface area (Å²) in [5.41, 5.74) is 3.78. The van der Waals surface area contributed by atoms with Crippen LogP contribution in [0.15, 0.2) is 18.2 Å². The molecule has 0 unspecified atom stereocenters. The maximum Gasteiger partial charge on any atom is 0.0901 e. The van der Waals surface area contributed by atoms with Crippen LogP contribution in [0, 0.1) is 6.92 Å².